The summed E-state index contributed by atoms with van der Waals surface area (Å²) in [6.45, 7) is 16.6. The molecule has 0 aromatic heterocycles. The highest BCUT2D eigenvalue weighted by Crippen LogP contribution is 2.14. The lowest BCUT2D eigenvalue weighted by Crippen LogP contribution is -2.38. The Kier molecular flexibility index (Phi) is 17.2. The van der Waals surface area contributed by atoms with Crippen LogP contribution in [0.25, 0.3) is 0 Å². The maximum atomic E-state index is 5.63. The third-order valence-corrected chi connectivity index (χ3v) is 5.66. The molecular weight excluding hydrogens is 242 g/mol. The van der Waals surface area contributed by atoms with Crippen molar-refractivity contribution in [3.63, 3.8) is 0 Å². The van der Waals surface area contributed by atoms with Gasteiger partial charge >= 0.3 is 8.56 Å². The zero-order valence-corrected chi connectivity index (χ0v) is 14.5. The van der Waals surface area contributed by atoms with Crippen molar-refractivity contribution in [2.75, 3.05) is 26.3 Å². The van der Waals surface area contributed by atoms with Gasteiger partial charge in [0.25, 0.3) is 0 Å². The van der Waals surface area contributed by atoms with E-state index in [0.717, 1.165) is 25.7 Å². The lowest BCUT2D eigenvalue weighted by Gasteiger charge is -2.25. The van der Waals surface area contributed by atoms with Gasteiger partial charge in [0.15, 0.2) is 0 Å². The molecule has 0 radical (unpaired) electrons. The van der Waals surface area contributed by atoms with Crippen molar-refractivity contribution in [3.8, 4) is 0 Å². The smallest absolute Gasteiger partial charge is 0.334 e. The summed E-state index contributed by atoms with van der Waals surface area (Å²) in [4.78, 5) is 0. The minimum absolute atomic E-state index is 0.780. The fourth-order valence-electron chi connectivity index (χ4n) is 1.73. The van der Waals surface area contributed by atoms with Gasteiger partial charge in [-0.15, -0.1) is 0 Å². The van der Waals surface area contributed by atoms with Gasteiger partial charge < -0.3 is 14.2 Å². The minimum Gasteiger partial charge on any atom is -0.395 e. The van der Waals surface area contributed by atoms with Crippen LogP contribution in [0.4, 0.5) is 0 Å². The maximum Gasteiger partial charge on any atom is 0.334 e. The van der Waals surface area contributed by atoms with Crippen LogP contribution < -0.4 is 5.32 Å². The van der Waals surface area contributed by atoms with E-state index in [4.69, 9.17) is 8.85 Å². The van der Waals surface area contributed by atoms with Gasteiger partial charge in [0.05, 0.1) is 0 Å². The normalized spacial score (nSPS) is 11.0. The molecule has 0 amide bonds. The lowest BCUT2D eigenvalue weighted by molar-refractivity contribution is 0.189. The summed E-state index contributed by atoms with van der Waals surface area (Å²) in [5, 5.41) is 3.28. The van der Waals surface area contributed by atoms with Crippen molar-refractivity contribution >= 4 is 8.56 Å². The number of rotatable bonds is 10. The van der Waals surface area contributed by atoms with Crippen LogP contribution in [0.5, 0.6) is 0 Å². The summed E-state index contributed by atoms with van der Waals surface area (Å²) in [7, 11) is -1.75. The summed E-state index contributed by atoms with van der Waals surface area (Å²) in [6, 6.07) is 1.11. The van der Waals surface area contributed by atoms with Gasteiger partial charge in [-0.25, -0.2) is 0 Å². The van der Waals surface area contributed by atoms with Crippen molar-refractivity contribution in [2.45, 2.75) is 66.5 Å². The van der Waals surface area contributed by atoms with Gasteiger partial charge in [0.2, 0.25) is 0 Å². The number of nitrogens with one attached hydrogen (secondary N) is 1. The van der Waals surface area contributed by atoms with Crippen molar-refractivity contribution < 1.29 is 8.85 Å². The maximum absolute atomic E-state index is 5.63. The third kappa shape index (κ3) is 14.2. The zero-order chi connectivity index (χ0) is 14.3. The number of hydrogen-bond acceptors (Lipinski definition) is 3. The first-order chi connectivity index (χ1) is 8.60. The van der Waals surface area contributed by atoms with E-state index in [-0.39, 0.29) is 0 Å². The standard InChI is InChI=1S/C8H20O2Si.C6H15N/c1-5-8-11(4,9-6-2)10-7-3;1-3-5-7-6-4-2/h5-8H2,1-4H3;7H,3-6H2,1-2H3. The van der Waals surface area contributed by atoms with Crippen LogP contribution in [0.2, 0.25) is 12.6 Å². The molecule has 0 spiro atoms. The Hall–Kier alpha value is 0.0969. The zero-order valence-electron chi connectivity index (χ0n) is 13.5. The average molecular weight is 278 g/mol. The summed E-state index contributed by atoms with van der Waals surface area (Å²) in [5.41, 5.74) is 0. The molecule has 3 nitrogen and oxygen atoms in total. The van der Waals surface area contributed by atoms with E-state index in [9.17, 15) is 0 Å². The summed E-state index contributed by atoms with van der Waals surface area (Å²) >= 11 is 0. The molecule has 0 unspecified atom stereocenters. The van der Waals surface area contributed by atoms with Crippen molar-refractivity contribution in [2.24, 2.45) is 0 Å². The Morgan fingerprint density at radius 1 is 0.778 bits per heavy atom. The first-order valence-electron chi connectivity index (χ1n) is 7.58. The first-order valence-corrected chi connectivity index (χ1v) is 10.1. The molecule has 0 aliphatic rings. The van der Waals surface area contributed by atoms with Crippen molar-refractivity contribution in [3.05, 3.63) is 0 Å². The Labute approximate surface area is 116 Å². The monoisotopic (exact) mass is 277 g/mol. The predicted octanol–water partition coefficient (Wildman–Crippen LogP) is 3.94. The number of hydrogen-bond donors (Lipinski definition) is 1. The second-order valence-corrected chi connectivity index (χ2v) is 7.84. The van der Waals surface area contributed by atoms with Crippen LogP contribution in [0.3, 0.4) is 0 Å². The topological polar surface area (TPSA) is 30.5 Å². The predicted molar refractivity (Wildman–Crippen MR) is 83.4 cm³/mol. The van der Waals surface area contributed by atoms with Gasteiger partial charge in [0.1, 0.15) is 0 Å². The minimum atomic E-state index is -1.75. The molecule has 4 heteroatoms. The van der Waals surface area contributed by atoms with E-state index in [1.54, 1.807) is 0 Å². The average Bonchev–Trinajstić information content (AvgIpc) is 2.31. The quantitative estimate of drug-likeness (QED) is 0.485. The van der Waals surface area contributed by atoms with Gasteiger partial charge in [-0.3, -0.25) is 0 Å². The largest absolute Gasteiger partial charge is 0.395 e. The second-order valence-electron chi connectivity index (χ2n) is 4.50. The molecule has 1 N–H and O–H groups in total. The molecule has 0 fully saturated rings. The van der Waals surface area contributed by atoms with Crippen LogP contribution in [-0.4, -0.2) is 34.9 Å². The Balaban J connectivity index is 0. The molecule has 0 aliphatic carbocycles. The molecule has 0 heterocycles. The molecule has 0 rings (SSSR count). The molecule has 0 aromatic carbocycles. The van der Waals surface area contributed by atoms with E-state index in [1.165, 1.54) is 25.9 Å². The highest BCUT2D eigenvalue weighted by atomic mass is 28.4. The van der Waals surface area contributed by atoms with Crippen LogP contribution >= 0.6 is 0 Å². The fourth-order valence-corrected chi connectivity index (χ4v) is 4.23. The Bertz CT molecular complexity index is 136. The van der Waals surface area contributed by atoms with E-state index in [2.05, 4.69) is 32.6 Å². The SMILES string of the molecule is CCCNCCC.CCC[Si](C)(OCC)OCC. The van der Waals surface area contributed by atoms with Crippen LogP contribution in [0.1, 0.15) is 53.9 Å². The van der Waals surface area contributed by atoms with Gasteiger partial charge in [0, 0.05) is 13.2 Å². The van der Waals surface area contributed by atoms with Crippen LogP contribution in [0.15, 0.2) is 0 Å². The van der Waals surface area contributed by atoms with Crippen LogP contribution in [-0.2, 0) is 8.85 Å². The molecule has 0 saturated heterocycles. The Morgan fingerprint density at radius 3 is 1.50 bits per heavy atom. The van der Waals surface area contributed by atoms with E-state index < -0.39 is 8.56 Å². The van der Waals surface area contributed by atoms with Gasteiger partial charge in [-0.1, -0.05) is 27.2 Å². The highest BCUT2D eigenvalue weighted by Gasteiger charge is 2.28. The summed E-state index contributed by atoms with van der Waals surface area (Å²) in [5.74, 6) is 0. The summed E-state index contributed by atoms with van der Waals surface area (Å²) < 4.78 is 11.3. The van der Waals surface area contributed by atoms with Crippen molar-refractivity contribution in [1.29, 1.82) is 0 Å². The van der Waals surface area contributed by atoms with E-state index in [1.807, 2.05) is 13.8 Å². The first kappa shape index (κ1) is 20.4. The van der Waals surface area contributed by atoms with E-state index in [0.29, 0.717) is 0 Å². The molecule has 18 heavy (non-hydrogen) atoms. The third-order valence-electron chi connectivity index (χ3n) is 2.46. The molecule has 0 atom stereocenters. The molecule has 0 saturated carbocycles. The molecule has 112 valence electrons. The van der Waals surface area contributed by atoms with Crippen molar-refractivity contribution in [1.82, 2.24) is 5.32 Å². The molecule has 0 aliphatic heterocycles. The Morgan fingerprint density at radius 2 is 1.22 bits per heavy atom. The summed E-state index contributed by atoms with van der Waals surface area (Å²) in [6.07, 6.45) is 3.66. The molecule has 0 bridgehead atoms. The molecular formula is C14H35NO2Si. The molecule has 0 aromatic rings. The van der Waals surface area contributed by atoms with Crippen LogP contribution in [0, 0.1) is 0 Å². The highest BCUT2D eigenvalue weighted by molar-refractivity contribution is 6.66. The van der Waals surface area contributed by atoms with Gasteiger partial charge in [-0.05, 0) is 52.4 Å². The van der Waals surface area contributed by atoms with E-state index >= 15 is 0 Å². The van der Waals surface area contributed by atoms with Gasteiger partial charge in [-0.2, -0.15) is 0 Å². The second kappa shape index (κ2) is 15.2. The lowest BCUT2D eigenvalue weighted by atomic mass is 10.4. The fraction of sp³-hybridized carbons (Fsp3) is 1.00.